The predicted octanol–water partition coefficient (Wildman–Crippen LogP) is 1.38. The second kappa shape index (κ2) is 5.31. The van der Waals surface area contributed by atoms with Gasteiger partial charge in [0.15, 0.2) is 0 Å². The average molecular weight is 312 g/mol. The van der Waals surface area contributed by atoms with E-state index in [4.69, 9.17) is 0 Å². The molecule has 1 aromatic rings. The van der Waals surface area contributed by atoms with E-state index in [1.54, 1.807) is 19.1 Å². The highest BCUT2D eigenvalue weighted by molar-refractivity contribution is 7.89. The third-order valence-corrected chi connectivity index (χ3v) is 5.86. The lowest BCUT2D eigenvalue weighted by molar-refractivity contribution is -0.142. The summed E-state index contributed by atoms with van der Waals surface area (Å²) in [4.78, 5) is 13.5. The van der Waals surface area contributed by atoms with Crippen LogP contribution in [0.2, 0.25) is 0 Å². The molecule has 2 rings (SSSR count). The Morgan fingerprint density at radius 1 is 1.29 bits per heavy atom. The van der Waals surface area contributed by atoms with Gasteiger partial charge in [0.1, 0.15) is 5.54 Å². The van der Waals surface area contributed by atoms with Gasteiger partial charge in [0.2, 0.25) is 10.0 Å². The highest BCUT2D eigenvalue weighted by Gasteiger charge is 2.43. The highest BCUT2D eigenvalue weighted by atomic mass is 32.2. The number of rotatable bonds is 4. The molecule has 1 fully saturated rings. The molecule has 1 heterocycles. The number of hydrogen-bond donors (Lipinski definition) is 1. The number of carboxylic acids is 1. The van der Waals surface area contributed by atoms with E-state index in [0.29, 0.717) is 13.0 Å². The van der Waals surface area contributed by atoms with Crippen LogP contribution in [-0.4, -0.2) is 50.0 Å². The van der Waals surface area contributed by atoms with Crippen molar-refractivity contribution >= 4 is 21.7 Å². The Morgan fingerprint density at radius 3 is 2.33 bits per heavy atom. The van der Waals surface area contributed by atoms with Gasteiger partial charge in [-0.15, -0.1) is 0 Å². The molecule has 1 aliphatic rings. The van der Waals surface area contributed by atoms with Gasteiger partial charge in [0.05, 0.1) is 4.90 Å². The molecule has 0 saturated carbocycles. The molecule has 1 aromatic carbocycles. The number of carbonyl (C=O) groups is 1. The summed E-state index contributed by atoms with van der Waals surface area (Å²) in [5.74, 6) is -0.856. The van der Waals surface area contributed by atoms with Gasteiger partial charge >= 0.3 is 5.97 Å². The Hall–Kier alpha value is -1.60. The molecule has 1 aliphatic heterocycles. The average Bonchev–Trinajstić information content (AvgIpc) is 2.82. The van der Waals surface area contributed by atoms with Crippen LogP contribution in [0, 0.1) is 0 Å². The summed E-state index contributed by atoms with van der Waals surface area (Å²) in [7, 11) is -0.509. The van der Waals surface area contributed by atoms with Crippen LogP contribution in [0.4, 0.5) is 5.69 Å². The van der Waals surface area contributed by atoms with Crippen molar-refractivity contribution in [2.45, 2.75) is 30.2 Å². The van der Waals surface area contributed by atoms with Gasteiger partial charge in [-0.2, -0.15) is 0 Å². The number of anilines is 1. The molecule has 116 valence electrons. The van der Waals surface area contributed by atoms with E-state index < -0.39 is 21.5 Å². The van der Waals surface area contributed by atoms with Gasteiger partial charge in [-0.1, -0.05) is 0 Å². The minimum absolute atomic E-state index is 0.201. The lowest BCUT2D eigenvalue weighted by Gasteiger charge is -2.33. The molecule has 1 atom stereocenters. The van der Waals surface area contributed by atoms with Crippen LogP contribution in [0.1, 0.15) is 19.8 Å². The summed E-state index contributed by atoms with van der Waals surface area (Å²) >= 11 is 0. The number of benzene rings is 1. The van der Waals surface area contributed by atoms with E-state index in [1.807, 2.05) is 4.90 Å². The summed E-state index contributed by atoms with van der Waals surface area (Å²) in [6.07, 6.45) is 1.39. The number of aliphatic carboxylic acids is 1. The maximum atomic E-state index is 12.0. The Labute approximate surface area is 125 Å². The molecule has 0 spiro atoms. The predicted molar refractivity (Wildman–Crippen MR) is 79.9 cm³/mol. The van der Waals surface area contributed by atoms with E-state index in [-0.39, 0.29) is 4.90 Å². The van der Waals surface area contributed by atoms with Crippen molar-refractivity contribution in [3.63, 3.8) is 0 Å². The third kappa shape index (κ3) is 2.63. The summed E-state index contributed by atoms with van der Waals surface area (Å²) in [5.41, 5.74) is -0.197. The minimum atomic E-state index is -3.46. The van der Waals surface area contributed by atoms with Crippen molar-refractivity contribution in [1.29, 1.82) is 0 Å². The lowest BCUT2D eigenvalue weighted by Crippen LogP contribution is -2.48. The molecule has 0 radical (unpaired) electrons. The van der Waals surface area contributed by atoms with Crippen molar-refractivity contribution in [3.8, 4) is 0 Å². The first-order valence-corrected chi connectivity index (χ1v) is 8.17. The zero-order chi connectivity index (χ0) is 15.8. The van der Waals surface area contributed by atoms with Crippen LogP contribution >= 0.6 is 0 Å². The van der Waals surface area contributed by atoms with E-state index in [0.717, 1.165) is 16.4 Å². The first kappa shape index (κ1) is 15.8. The molecule has 21 heavy (non-hydrogen) atoms. The number of nitrogens with zero attached hydrogens (tertiary/aromatic N) is 2. The zero-order valence-corrected chi connectivity index (χ0v) is 13.2. The Bertz CT molecular complexity index is 639. The minimum Gasteiger partial charge on any atom is -0.480 e. The van der Waals surface area contributed by atoms with Crippen molar-refractivity contribution in [3.05, 3.63) is 24.3 Å². The van der Waals surface area contributed by atoms with Gasteiger partial charge < -0.3 is 10.0 Å². The molecule has 0 aromatic heterocycles. The molecule has 0 bridgehead atoms. The van der Waals surface area contributed by atoms with E-state index in [2.05, 4.69) is 0 Å². The molecule has 0 amide bonds. The van der Waals surface area contributed by atoms with Crippen LogP contribution in [0.5, 0.6) is 0 Å². The molecular formula is C14H20N2O4S. The number of carboxylic acid groups (broad SMARTS) is 1. The van der Waals surface area contributed by atoms with Crippen molar-refractivity contribution in [2.75, 3.05) is 25.5 Å². The second-order valence-corrected chi connectivity index (χ2v) is 7.77. The first-order valence-electron chi connectivity index (χ1n) is 6.73. The number of hydrogen-bond acceptors (Lipinski definition) is 4. The van der Waals surface area contributed by atoms with Crippen LogP contribution in [0.15, 0.2) is 29.2 Å². The fourth-order valence-corrected chi connectivity index (χ4v) is 3.51. The zero-order valence-electron chi connectivity index (χ0n) is 12.4. The summed E-state index contributed by atoms with van der Waals surface area (Å²) < 4.78 is 25.2. The Balaban J connectivity index is 2.34. The quantitative estimate of drug-likeness (QED) is 0.909. The van der Waals surface area contributed by atoms with Crippen LogP contribution in [-0.2, 0) is 14.8 Å². The smallest absolute Gasteiger partial charge is 0.329 e. The fourth-order valence-electron chi connectivity index (χ4n) is 2.61. The highest BCUT2D eigenvalue weighted by Crippen LogP contribution is 2.34. The van der Waals surface area contributed by atoms with Crippen LogP contribution < -0.4 is 4.90 Å². The van der Waals surface area contributed by atoms with Crippen LogP contribution in [0.3, 0.4) is 0 Å². The first-order chi connectivity index (χ1) is 9.69. The molecule has 1 N–H and O–H groups in total. The van der Waals surface area contributed by atoms with Crippen molar-refractivity contribution in [1.82, 2.24) is 4.31 Å². The Morgan fingerprint density at radius 2 is 1.86 bits per heavy atom. The topological polar surface area (TPSA) is 77.9 Å². The summed E-state index contributed by atoms with van der Waals surface area (Å²) in [5, 5.41) is 9.42. The summed E-state index contributed by atoms with van der Waals surface area (Å²) in [6.45, 7) is 2.36. The van der Waals surface area contributed by atoms with Gasteiger partial charge in [-0.05, 0) is 44.0 Å². The standard InChI is InChI=1S/C14H20N2O4S/c1-14(13(17)18)9-4-10-16(14)11-5-7-12(8-6-11)21(19,20)15(2)3/h5-8H,4,9-10H2,1-3H3,(H,17,18). The SMILES string of the molecule is CN(C)S(=O)(=O)c1ccc(N2CCCC2(C)C(=O)O)cc1. The molecule has 0 aliphatic carbocycles. The maximum absolute atomic E-state index is 12.0. The van der Waals surface area contributed by atoms with Crippen molar-refractivity contribution < 1.29 is 18.3 Å². The third-order valence-electron chi connectivity index (χ3n) is 4.03. The molecule has 6 nitrogen and oxygen atoms in total. The van der Waals surface area contributed by atoms with Gasteiger partial charge in [0.25, 0.3) is 0 Å². The fraction of sp³-hybridized carbons (Fsp3) is 0.500. The van der Waals surface area contributed by atoms with Crippen LogP contribution in [0.25, 0.3) is 0 Å². The molecular weight excluding hydrogens is 292 g/mol. The normalized spacial score (nSPS) is 22.8. The van der Waals surface area contributed by atoms with Gasteiger partial charge in [0, 0.05) is 26.3 Å². The van der Waals surface area contributed by atoms with Gasteiger partial charge in [-0.3, -0.25) is 0 Å². The largest absolute Gasteiger partial charge is 0.480 e. The molecule has 1 saturated heterocycles. The van der Waals surface area contributed by atoms with E-state index in [9.17, 15) is 18.3 Å². The monoisotopic (exact) mass is 312 g/mol. The van der Waals surface area contributed by atoms with Gasteiger partial charge in [-0.25, -0.2) is 17.5 Å². The molecule has 1 unspecified atom stereocenters. The Kier molecular flexibility index (Phi) is 3.99. The second-order valence-electron chi connectivity index (χ2n) is 5.62. The number of sulfonamides is 1. The lowest BCUT2D eigenvalue weighted by atomic mass is 9.99. The van der Waals surface area contributed by atoms with Crippen molar-refractivity contribution in [2.24, 2.45) is 0 Å². The van der Waals surface area contributed by atoms with E-state index >= 15 is 0 Å². The maximum Gasteiger partial charge on any atom is 0.329 e. The summed E-state index contributed by atoms with van der Waals surface area (Å²) in [6, 6.07) is 6.38. The molecule has 7 heteroatoms. The van der Waals surface area contributed by atoms with E-state index in [1.165, 1.54) is 26.2 Å².